The first-order chi connectivity index (χ1) is 6.06. The molecule has 1 aliphatic carbocycles. The number of aliphatic hydroxyl groups is 2. The van der Waals surface area contributed by atoms with Crippen molar-refractivity contribution in [2.75, 3.05) is 7.11 Å². The third-order valence-corrected chi connectivity index (χ3v) is 1.81. The van der Waals surface area contributed by atoms with Gasteiger partial charge in [0.25, 0.3) is 0 Å². The number of carbonyl (C=O) groups excluding carboxylic acids is 2. The molecule has 5 nitrogen and oxygen atoms in total. The highest BCUT2D eigenvalue weighted by Crippen LogP contribution is 2.21. The van der Waals surface area contributed by atoms with Crippen molar-refractivity contribution in [2.24, 2.45) is 0 Å². The summed E-state index contributed by atoms with van der Waals surface area (Å²) in [6, 6.07) is 0. The molecule has 0 aromatic heterocycles. The van der Waals surface area contributed by atoms with Crippen molar-refractivity contribution < 1.29 is 24.5 Å². The first-order valence-corrected chi connectivity index (χ1v) is 3.78. The number of hydrogen-bond acceptors (Lipinski definition) is 5. The number of ether oxygens (including phenoxy) is 1. The second-order valence-electron chi connectivity index (χ2n) is 2.80. The van der Waals surface area contributed by atoms with Gasteiger partial charge in [-0.05, 0) is 0 Å². The number of carbonyl (C=O) groups is 2. The minimum atomic E-state index is -0.902. The van der Waals surface area contributed by atoms with Gasteiger partial charge in [0.15, 0.2) is 5.78 Å². The van der Waals surface area contributed by atoms with Crippen LogP contribution in [0.3, 0.4) is 0 Å². The van der Waals surface area contributed by atoms with E-state index in [0.29, 0.717) is 0 Å². The SMILES string of the molecule is COC(=O)C1=C(O)CC(O)CC1=O. The molecular weight excluding hydrogens is 176 g/mol. The Bertz CT molecular complexity index is 278. The lowest BCUT2D eigenvalue weighted by Crippen LogP contribution is -2.27. The van der Waals surface area contributed by atoms with Crippen molar-refractivity contribution in [2.45, 2.75) is 18.9 Å². The van der Waals surface area contributed by atoms with E-state index in [-0.39, 0.29) is 18.4 Å². The number of aliphatic hydroxyl groups excluding tert-OH is 2. The van der Waals surface area contributed by atoms with E-state index in [0.717, 1.165) is 7.11 Å². The number of esters is 1. The van der Waals surface area contributed by atoms with Crippen molar-refractivity contribution in [3.8, 4) is 0 Å². The van der Waals surface area contributed by atoms with Gasteiger partial charge in [-0.1, -0.05) is 0 Å². The summed E-state index contributed by atoms with van der Waals surface area (Å²) < 4.78 is 4.31. The Balaban J connectivity index is 2.98. The zero-order valence-corrected chi connectivity index (χ0v) is 7.11. The summed E-state index contributed by atoms with van der Waals surface area (Å²) in [7, 11) is 1.13. The van der Waals surface area contributed by atoms with Crippen LogP contribution in [-0.2, 0) is 14.3 Å². The molecule has 0 spiro atoms. The monoisotopic (exact) mass is 186 g/mol. The second-order valence-corrected chi connectivity index (χ2v) is 2.80. The van der Waals surface area contributed by atoms with Crippen LogP contribution in [0.4, 0.5) is 0 Å². The largest absolute Gasteiger partial charge is 0.511 e. The Morgan fingerprint density at radius 1 is 1.54 bits per heavy atom. The molecule has 0 aromatic carbocycles. The molecule has 5 heteroatoms. The Kier molecular flexibility index (Phi) is 2.67. The minimum Gasteiger partial charge on any atom is -0.511 e. The highest BCUT2D eigenvalue weighted by molar-refractivity contribution is 6.18. The molecule has 0 aromatic rings. The van der Waals surface area contributed by atoms with Crippen LogP contribution in [0.25, 0.3) is 0 Å². The molecule has 13 heavy (non-hydrogen) atoms. The quantitative estimate of drug-likeness (QED) is 0.433. The van der Waals surface area contributed by atoms with Gasteiger partial charge in [0.1, 0.15) is 11.3 Å². The normalized spacial score (nSPS) is 23.2. The first-order valence-electron chi connectivity index (χ1n) is 3.78. The summed E-state index contributed by atoms with van der Waals surface area (Å²) in [6.07, 6.45) is -1.12. The minimum absolute atomic E-state index is 0.0732. The molecule has 1 unspecified atom stereocenters. The van der Waals surface area contributed by atoms with Gasteiger partial charge in [0.2, 0.25) is 0 Å². The second kappa shape index (κ2) is 3.57. The van der Waals surface area contributed by atoms with Crippen LogP contribution in [0.15, 0.2) is 11.3 Å². The maximum Gasteiger partial charge on any atom is 0.344 e. The first kappa shape index (κ1) is 9.73. The van der Waals surface area contributed by atoms with Crippen LogP contribution in [0, 0.1) is 0 Å². The van der Waals surface area contributed by atoms with Gasteiger partial charge in [-0.3, -0.25) is 4.79 Å². The molecule has 2 N–H and O–H groups in total. The molecule has 0 aliphatic heterocycles. The van der Waals surface area contributed by atoms with E-state index in [1.165, 1.54) is 0 Å². The molecule has 0 amide bonds. The fraction of sp³-hybridized carbons (Fsp3) is 0.500. The third kappa shape index (κ3) is 1.86. The van der Waals surface area contributed by atoms with Crippen molar-refractivity contribution in [1.82, 2.24) is 0 Å². The van der Waals surface area contributed by atoms with Crippen LogP contribution >= 0.6 is 0 Å². The molecule has 0 radical (unpaired) electrons. The molecule has 0 heterocycles. The molecule has 0 bridgehead atoms. The van der Waals surface area contributed by atoms with Crippen molar-refractivity contribution in [3.05, 3.63) is 11.3 Å². The van der Waals surface area contributed by atoms with Gasteiger partial charge < -0.3 is 14.9 Å². The molecule has 1 rings (SSSR count). The maximum atomic E-state index is 11.1. The predicted molar refractivity (Wildman–Crippen MR) is 41.9 cm³/mol. The van der Waals surface area contributed by atoms with Gasteiger partial charge in [0, 0.05) is 12.8 Å². The van der Waals surface area contributed by atoms with Crippen LogP contribution in [0.2, 0.25) is 0 Å². The summed E-state index contributed by atoms with van der Waals surface area (Å²) in [5.74, 6) is -1.83. The highest BCUT2D eigenvalue weighted by Gasteiger charge is 2.31. The Morgan fingerprint density at radius 3 is 2.62 bits per heavy atom. The smallest absolute Gasteiger partial charge is 0.344 e. The zero-order valence-electron chi connectivity index (χ0n) is 7.11. The molecule has 72 valence electrons. The predicted octanol–water partition coefficient (Wildman–Crippen LogP) is -0.305. The maximum absolute atomic E-state index is 11.1. The molecule has 0 saturated heterocycles. The molecule has 1 aliphatic rings. The van der Waals surface area contributed by atoms with Crippen molar-refractivity contribution in [1.29, 1.82) is 0 Å². The third-order valence-electron chi connectivity index (χ3n) is 1.81. The summed E-state index contributed by atoms with van der Waals surface area (Å²) in [6.45, 7) is 0. The lowest BCUT2D eigenvalue weighted by Gasteiger charge is -2.17. The number of ketones is 1. The lowest BCUT2D eigenvalue weighted by atomic mass is 9.94. The summed E-state index contributed by atoms with van der Waals surface area (Å²) in [5, 5.41) is 18.3. The van der Waals surface area contributed by atoms with Gasteiger partial charge in [-0.2, -0.15) is 0 Å². The Morgan fingerprint density at radius 2 is 2.15 bits per heavy atom. The number of hydrogen-bond donors (Lipinski definition) is 2. The van der Waals surface area contributed by atoms with Gasteiger partial charge in [-0.15, -0.1) is 0 Å². The standard InChI is InChI=1S/C8H10O5/c1-13-8(12)7-5(10)2-4(9)3-6(7)11/h4,9-10H,2-3H2,1H3. The molecule has 0 saturated carbocycles. The number of Topliss-reactive ketones (excluding diaryl/α,β-unsaturated/α-hetero) is 1. The number of rotatable bonds is 1. The molecular formula is C8H10O5. The van der Waals surface area contributed by atoms with Crippen LogP contribution in [0.1, 0.15) is 12.8 Å². The van der Waals surface area contributed by atoms with Crippen LogP contribution in [-0.4, -0.2) is 35.2 Å². The Hall–Kier alpha value is -1.36. The fourth-order valence-corrected chi connectivity index (χ4v) is 1.21. The average Bonchev–Trinajstić information content (AvgIpc) is 2.02. The van der Waals surface area contributed by atoms with E-state index in [9.17, 15) is 14.7 Å². The van der Waals surface area contributed by atoms with E-state index >= 15 is 0 Å². The van der Waals surface area contributed by atoms with Crippen molar-refractivity contribution >= 4 is 11.8 Å². The summed E-state index contributed by atoms with van der Waals surface area (Å²) in [4.78, 5) is 22.1. The van der Waals surface area contributed by atoms with E-state index < -0.39 is 23.6 Å². The van der Waals surface area contributed by atoms with E-state index in [2.05, 4.69) is 4.74 Å². The topological polar surface area (TPSA) is 83.8 Å². The van der Waals surface area contributed by atoms with E-state index in [1.807, 2.05) is 0 Å². The van der Waals surface area contributed by atoms with E-state index in [1.54, 1.807) is 0 Å². The van der Waals surface area contributed by atoms with Gasteiger partial charge in [-0.25, -0.2) is 4.79 Å². The molecule has 0 fully saturated rings. The van der Waals surface area contributed by atoms with Gasteiger partial charge in [0.05, 0.1) is 13.2 Å². The summed E-state index contributed by atoms with van der Waals surface area (Å²) >= 11 is 0. The fourth-order valence-electron chi connectivity index (χ4n) is 1.21. The number of methoxy groups -OCH3 is 1. The van der Waals surface area contributed by atoms with E-state index in [4.69, 9.17) is 5.11 Å². The van der Waals surface area contributed by atoms with Crippen LogP contribution < -0.4 is 0 Å². The summed E-state index contributed by atoms with van der Waals surface area (Å²) in [5.41, 5.74) is -0.340. The lowest BCUT2D eigenvalue weighted by molar-refractivity contribution is -0.138. The molecule has 1 atom stereocenters. The highest BCUT2D eigenvalue weighted by atomic mass is 16.5. The Labute approximate surface area is 74.6 Å². The zero-order chi connectivity index (χ0) is 10.0. The van der Waals surface area contributed by atoms with Crippen molar-refractivity contribution in [3.63, 3.8) is 0 Å². The van der Waals surface area contributed by atoms with Gasteiger partial charge >= 0.3 is 5.97 Å². The average molecular weight is 186 g/mol. The van der Waals surface area contributed by atoms with Crippen LogP contribution in [0.5, 0.6) is 0 Å².